The van der Waals surface area contributed by atoms with Crippen LogP contribution in [-0.4, -0.2) is 21.1 Å². The van der Waals surface area contributed by atoms with Crippen molar-refractivity contribution in [3.8, 4) is 0 Å². The lowest BCUT2D eigenvalue weighted by Gasteiger charge is -2.13. The molecule has 0 aliphatic heterocycles. The maximum absolute atomic E-state index is 12.4. The van der Waals surface area contributed by atoms with Gasteiger partial charge in [-0.05, 0) is 38.8 Å². The number of aryl methyl sites for hydroxylation is 3. The number of benzene rings is 1. The number of aromatic nitrogens is 2. The quantitative estimate of drug-likeness (QED) is 0.621. The molecule has 0 saturated carbocycles. The van der Waals surface area contributed by atoms with E-state index in [1.54, 1.807) is 6.92 Å². The number of thioether (sulfide) groups is 1. The summed E-state index contributed by atoms with van der Waals surface area (Å²) in [5, 5.41) is 3.04. The number of H-pyrrole nitrogens is 1. The number of carbonyl (C=O) groups is 1. The minimum atomic E-state index is -0.370. The van der Waals surface area contributed by atoms with E-state index in [-0.39, 0.29) is 16.7 Å². The zero-order chi connectivity index (χ0) is 17.7. The van der Waals surface area contributed by atoms with Gasteiger partial charge in [-0.3, -0.25) is 9.59 Å². The molecule has 2 N–H and O–H groups in total. The van der Waals surface area contributed by atoms with Crippen molar-refractivity contribution in [3.05, 3.63) is 51.4 Å². The Labute approximate surface area is 146 Å². The third kappa shape index (κ3) is 4.96. The summed E-state index contributed by atoms with van der Waals surface area (Å²) in [4.78, 5) is 31.2. The van der Waals surface area contributed by atoms with Crippen molar-refractivity contribution in [2.24, 2.45) is 0 Å². The fourth-order valence-corrected chi connectivity index (χ4v) is 3.16. The molecule has 1 aromatic heterocycles. The van der Waals surface area contributed by atoms with Crippen LogP contribution in [0.4, 0.5) is 5.69 Å². The first-order valence-corrected chi connectivity index (χ1v) is 8.92. The maximum atomic E-state index is 12.4. The number of rotatable bonds is 6. The van der Waals surface area contributed by atoms with E-state index < -0.39 is 0 Å². The highest BCUT2D eigenvalue weighted by molar-refractivity contribution is 8.00. The second kappa shape index (κ2) is 8.15. The molecule has 0 radical (unpaired) electrons. The molecular weight excluding hydrogens is 322 g/mol. The third-order valence-electron chi connectivity index (χ3n) is 3.58. The molecule has 6 heteroatoms. The van der Waals surface area contributed by atoms with E-state index in [2.05, 4.69) is 15.3 Å². The summed E-state index contributed by atoms with van der Waals surface area (Å²) in [6, 6.07) is 7.41. The van der Waals surface area contributed by atoms with Crippen LogP contribution < -0.4 is 10.9 Å². The topological polar surface area (TPSA) is 74.8 Å². The SMILES string of the molecule is CCCc1cc(=O)[nH]c(S[C@H](C)C(=O)Nc2ccc(C)cc2C)n1. The predicted octanol–water partition coefficient (Wildman–Crippen LogP) is 3.46. The van der Waals surface area contributed by atoms with Crippen molar-refractivity contribution >= 4 is 23.4 Å². The van der Waals surface area contributed by atoms with Crippen LogP contribution >= 0.6 is 11.8 Å². The summed E-state index contributed by atoms with van der Waals surface area (Å²) in [5.74, 6) is -0.115. The summed E-state index contributed by atoms with van der Waals surface area (Å²) in [5.41, 5.74) is 3.56. The summed E-state index contributed by atoms with van der Waals surface area (Å²) in [6.45, 7) is 7.82. The molecule has 2 rings (SSSR count). The Morgan fingerprint density at radius 3 is 2.75 bits per heavy atom. The van der Waals surface area contributed by atoms with Crippen molar-refractivity contribution in [3.63, 3.8) is 0 Å². The Morgan fingerprint density at radius 1 is 1.33 bits per heavy atom. The molecule has 0 aliphatic rings. The molecule has 0 unspecified atom stereocenters. The van der Waals surface area contributed by atoms with Crippen LogP contribution in [0.2, 0.25) is 0 Å². The van der Waals surface area contributed by atoms with Crippen molar-refractivity contribution in [1.29, 1.82) is 0 Å². The standard InChI is InChI=1S/C18H23N3O2S/c1-5-6-14-10-16(22)21-18(19-14)24-13(4)17(23)20-15-8-7-11(2)9-12(15)3/h7-10,13H,5-6H2,1-4H3,(H,20,23)(H,19,21,22)/t13-/m1/s1. The summed E-state index contributed by atoms with van der Waals surface area (Å²) in [7, 11) is 0. The Morgan fingerprint density at radius 2 is 2.08 bits per heavy atom. The van der Waals surface area contributed by atoms with Gasteiger partial charge in [0.1, 0.15) is 0 Å². The van der Waals surface area contributed by atoms with Crippen LogP contribution in [0.1, 0.15) is 37.1 Å². The Hall–Kier alpha value is -2.08. The van der Waals surface area contributed by atoms with E-state index in [1.807, 2.05) is 39.0 Å². The van der Waals surface area contributed by atoms with E-state index in [0.29, 0.717) is 5.16 Å². The number of nitrogens with zero attached hydrogens (tertiary/aromatic N) is 1. The van der Waals surface area contributed by atoms with Crippen LogP contribution in [0.3, 0.4) is 0 Å². The van der Waals surface area contributed by atoms with Crippen molar-refractivity contribution < 1.29 is 4.79 Å². The summed E-state index contributed by atoms with van der Waals surface area (Å²) < 4.78 is 0. The number of hydrogen-bond acceptors (Lipinski definition) is 4. The largest absolute Gasteiger partial charge is 0.325 e. The minimum absolute atomic E-state index is 0.115. The first-order chi connectivity index (χ1) is 11.4. The fourth-order valence-electron chi connectivity index (χ4n) is 2.33. The number of hydrogen-bond donors (Lipinski definition) is 2. The van der Waals surface area contributed by atoms with Crippen molar-refractivity contribution in [2.45, 2.75) is 50.9 Å². The minimum Gasteiger partial charge on any atom is -0.325 e. The molecule has 2 aromatic rings. The first kappa shape index (κ1) is 18.3. The van der Waals surface area contributed by atoms with Gasteiger partial charge in [-0.15, -0.1) is 0 Å². The highest BCUT2D eigenvalue weighted by Crippen LogP contribution is 2.22. The summed E-state index contributed by atoms with van der Waals surface area (Å²) in [6.07, 6.45) is 1.67. The number of carbonyl (C=O) groups excluding carboxylic acids is 1. The van der Waals surface area contributed by atoms with Gasteiger partial charge >= 0.3 is 0 Å². The monoisotopic (exact) mass is 345 g/mol. The third-order valence-corrected chi connectivity index (χ3v) is 4.56. The molecule has 24 heavy (non-hydrogen) atoms. The smallest absolute Gasteiger partial charge is 0.251 e. The van der Waals surface area contributed by atoms with Crippen LogP contribution in [-0.2, 0) is 11.2 Å². The van der Waals surface area contributed by atoms with Gasteiger partial charge in [0, 0.05) is 17.4 Å². The summed E-state index contributed by atoms with van der Waals surface area (Å²) >= 11 is 1.26. The molecular formula is C18H23N3O2S. The van der Waals surface area contributed by atoms with Crippen molar-refractivity contribution in [2.75, 3.05) is 5.32 Å². The lowest BCUT2D eigenvalue weighted by Crippen LogP contribution is -2.23. The average Bonchev–Trinajstić information content (AvgIpc) is 2.49. The van der Waals surface area contributed by atoms with Gasteiger partial charge in [-0.2, -0.15) is 0 Å². The number of amides is 1. The van der Waals surface area contributed by atoms with Gasteiger partial charge in [0.25, 0.3) is 5.56 Å². The lowest BCUT2D eigenvalue weighted by molar-refractivity contribution is -0.115. The fraction of sp³-hybridized carbons (Fsp3) is 0.389. The van der Waals surface area contributed by atoms with E-state index in [1.165, 1.54) is 17.8 Å². The highest BCUT2D eigenvalue weighted by atomic mass is 32.2. The predicted molar refractivity (Wildman–Crippen MR) is 98.7 cm³/mol. The normalized spacial score (nSPS) is 12.0. The lowest BCUT2D eigenvalue weighted by atomic mass is 10.1. The van der Waals surface area contributed by atoms with Gasteiger partial charge in [-0.1, -0.05) is 42.8 Å². The molecule has 1 atom stereocenters. The average molecular weight is 345 g/mol. The number of anilines is 1. The molecule has 5 nitrogen and oxygen atoms in total. The van der Waals surface area contributed by atoms with Crippen LogP contribution in [0.15, 0.2) is 34.2 Å². The molecule has 1 aromatic carbocycles. The van der Waals surface area contributed by atoms with Crippen molar-refractivity contribution in [1.82, 2.24) is 9.97 Å². The molecule has 0 spiro atoms. The van der Waals surface area contributed by atoms with E-state index in [0.717, 1.165) is 35.3 Å². The van der Waals surface area contributed by atoms with Gasteiger partial charge < -0.3 is 10.3 Å². The Bertz CT molecular complexity index is 786. The molecule has 0 aliphatic carbocycles. The van der Waals surface area contributed by atoms with Crippen LogP contribution in [0.5, 0.6) is 0 Å². The number of nitrogens with one attached hydrogen (secondary N) is 2. The molecule has 1 heterocycles. The Balaban J connectivity index is 2.07. The molecule has 0 saturated heterocycles. The van der Waals surface area contributed by atoms with Gasteiger partial charge in [0.2, 0.25) is 5.91 Å². The van der Waals surface area contributed by atoms with Crippen LogP contribution in [0, 0.1) is 13.8 Å². The molecule has 0 bridgehead atoms. The number of aromatic amines is 1. The van der Waals surface area contributed by atoms with E-state index >= 15 is 0 Å². The molecule has 1 amide bonds. The second-order valence-electron chi connectivity index (χ2n) is 5.86. The van der Waals surface area contributed by atoms with Gasteiger partial charge in [0.15, 0.2) is 5.16 Å². The first-order valence-electron chi connectivity index (χ1n) is 8.04. The van der Waals surface area contributed by atoms with Gasteiger partial charge in [-0.25, -0.2) is 4.98 Å². The Kier molecular flexibility index (Phi) is 6.20. The zero-order valence-electron chi connectivity index (χ0n) is 14.5. The van der Waals surface area contributed by atoms with Crippen LogP contribution in [0.25, 0.3) is 0 Å². The van der Waals surface area contributed by atoms with Gasteiger partial charge in [0.05, 0.1) is 5.25 Å². The zero-order valence-corrected chi connectivity index (χ0v) is 15.3. The molecule has 128 valence electrons. The molecule has 0 fully saturated rings. The van der Waals surface area contributed by atoms with E-state index in [9.17, 15) is 9.59 Å². The maximum Gasteiger partial charge on any atom is 0.251 e. The van der Waals surface area contributed by atoms with E-state index in [4.69, 9.17) is 0 Å². The highest BCUT2D eigenvalue weighted by Gasteiger charge is 2.17. The second-order valence-corrected chi connectivity index (χ2v) is 7.19.